The van der Waals surface area contributed by atoms with Crippen molar-refractivity contribution in [3.63, 3.8) is 0 Å². The number of aromatic nitrogens is 1. The van der Waals surface area contributed by atoms with Gasteiger partial charge in [-0.15, -0.1) is 0 Å². The van der Waals surface area contributed by atoms with Crippen molar-refractivity contribution < 1.29 is 31.3 Å². The Kier molecular flexibility index (Phi) is 6.82. The van der Waals surface area contributed by atoms with E-state index in [1.54, 1.807) is 10.4 Å². The lowest BCUT2D eigenvalue weighted by Gasteiger charge is -2.41. The molecule has 1 amide bonds. The fourth-order valence-corrected chi connectivity index (χ4v) is 9.35. The van der Waals surface area contributed by atoms with Crippen LogP contribution < -0.4 is 5.32 Å². The summed E-state index contributed by atoms with van der Waals surface area (Å²) < 4.78 is 65.4. The first-order valence-corrected chi connectivity index (χ1v) is 15.2. The summed E-state index contributed by atoms with van der Waals surface area (Å²) in [4.78, 5) is 15.0. The molecule has 12 heteroatoms. The highest BCUT2D eigenvalue weighted by molar-refractivity contribution is 7.89. The van der Waals surface area contributed by atoms with Crippen LogP contribution in [0.3, 0.4) is 0 Å². The number of nitrogens with zero attached hydrogens (tertiary/aromatic N) is 3. The monoisotopic (exact) mass is 542 g/mol. The Balaban J connectivity index is 0.986. The molecule has 3 atom stereocenters. The number of carbonyl (C=O) groups excluding carboxylic acids is 1. The van der Waals surface area contributed by atoms with Crippen molar-refractivity contribution in [2.24, 2.45) is 11.8 Å². The first-order valence-electron chi connectivity index (χ1n) is 13.6. The molecule has 0 aromatic carbocycles. The molecule has 6 rings (SSSR count). The van der Waals surface area contributed by atoms with Crippen molar-refractivity contribution in [3.8, 4) is 0 Å². The molecule has 5 fully saturated rings. The Morgan fingerprint density at radius 2 is 1.76 bits per heavy atom. The van der Waals surface area contributed by atoms with Crippen molar-refractivity contribution in [2.45, 2.75) is 81.3 Å². The van der Waals surface area contributed by atoms with Crippen LogP contribution in [0.2, 0.25) is 0 Å². The number of carbonyl (C=O) groups is 1. The average Bonchev–Trinajstić information content (AvgIpc) is 3.36. The number of rotatable bonds is 8. The molecule has 1 aromatic heterocycles. The van der Waals surface area contributed by atoms with Gasteiger partial charge in [0, 0.05) is 43.6 Å². The zero-order chi connectivity index (χ0) is 25.8. The molecule has 1 aliphatic carbocycles. The van der Waals surface area contributed by atoms with E-state index >= 15 is 0 Å². The van der Waals surface area contributed by atoms with Crippen LogP contribution in [-0.4, -0.2) is 91.3 Å². The van der Waals surface area contributed by atoms with Crippen LogP contribution in [0, 0.1) is 11.8 Å². The summed E-state index contributed by atoms with van der Waals surface area (Å²) in [7, 11) is -3.41. The maximum Gasteiger partial charge on any atom is 0.273 e. The Labute approximate surface area is 216 Å². The number of hydrogen-bond acceptors (Lipinski definition) is 7. The maximum absolute atomic E-state index is 13.5. The summed E-state index contributed by atoms with van der Waals surface area (Å²) in [6, 6.07) is 1.40. The number of halogens is 2. The van der Waals surface area contributed by atoms with Gasteiger partial charge in [-0.05, 0) is 63.5 Å². The third-order valence-electron chi connectivity index (χ3n) is 8.97. The summed E-state index contributed by atoms with van der Waals surface area (Å²) in [5, 5.41) is 6.95. The third kappa shape index (κ3) is 5.44. The first kappa shape index (κ1) is 25.6. The summed E-state index contributed by atoms with van der Waals surface area (Å²) in [5.74, 6) is -1.64. The van der Waals surface area contributed by atoms with Crippen LogP contribution >= 0.6 is 0 Å². The van der Waals surface area contributed by atoms with Gasteiger partial charge in [0.05, 0.1) is 24.9 Å². The number of fused-ring (bicyclic) bond motifs is 2. The number of alkyl halides is 2. The van der Waals surface area contributed by atoms with Crippen molar-refractivity contribution in [1.82, 2.24) is 19.7 Å². The summed E-state index contributed by atoms with van der Waals surface area (Å²) in [5.41, 5.74) is 0.252. The van der Waals surface area contributed by atoms with Crippen LogP contribution in [0.4, 0.5) is 8.78 Å². The second-order valence-corrected chi connectivity index (χ2v) is 13.8. The first-order chi connectivity index (χ1) is 17.6. The lowest BCUT2D eigenvalue weighted by molar-refractivity contribution is -0.117. The smallest absolute Gasteiger partial charge is 0.273 e. The van der Waals surface area contributed by atoms with Crippen LogP contribution in [0.1, 0.15) is 73.5 Å². The van der Waals surface area contributed by atoms with Crippen LogP contribution in [0.15, 0.2) is 10.6 Å². The molecule has 206 valence electrons. The molecule has 4 aliphatic heterocycles. The summed E-state index contributed by atoms with van der Waals surface area (Å²) in [6.07, 6.45) is 4.38. The lowest BCUT2D eigenvalue weighted by atomic mass is 9.80. The fourth-order valence-electron chi connectivity index (χ4n) is 6.95. The molecule has 5 heterocycles. The molecule has 1 unspecified atom stereocenters. The standard InChI is InChI=1S/C25H36F2N4O5S/c26-25(27)10-17(11-25)12-30-5-3-16(4-6-30)15-37(33,34)31-20-1-2-21(31)8-19(7-20)28-24(32)22-9-23(36-29-22)18-13-35-14-18/h9,16-21H,1-8,10-15H2,(H,28,32)/t19?,20-,21+. The zero-order valence-corrected chi connectivity index (χ0v) is 21.8. The van der Waals surface area contributed by atoms with Gasteiger partial charge in [-0.3, -0.25) is 4.79 Å². The van der Waals surface area contributed by atoms with E-state index in [2.05, 4.69) is 15.4 Å². The van der Waals surface area contributed by atoms with Crippen LogP contribution in [-0.2, 0) is 14.8 Å². The van der Waals surface area contributed by atoms with Gasteiger partial charge in [0.2, 0.25) is 15.9 Å². The zero-order valence-electron chi connectivity index (χ0n) is 21.0. The van der Waals surface area contributed by atoms with Gasteiger partial charge in [0.1, 0.15) is 5.76 Å². The van der Waals surface area contributed by atoms with Gasteiger partial charge >= 0.3 is 0 Å². The van der Waals surface area contributed by atoms with Gasteiger partial charge in [0.25, 0.3) is 5.91 Å². The lowest BCUT2D eigenvalue weighted by Crippen LogP contribution is -2.53. The van der Waals surface area contributed by atoms with E-state index in [1.807, 2.05) is 0 Å². The minimum Gasteiger partial charge on any atom is -0.380 e. The quantitative estimate of drug-likeness (QED) is 0.539. The number of hydrogen-bond donors (Lipinski definition) is 1. The number of ether oxygens (including phenoxy) is 1. The second-order valence-electron chi connectivity index (χ2n) is 11.9. The SMILES string of the molecule is O=C(NC1C[C@H]2CC[C@@H](C1)N2S(=O)(=O)CC1CCN(CC2CC(F)(F)C2)CC1)c1cc(C2COC2)on1. The maximum atomic E-state index is 13.5. The number of amides is 1. The highest BCUT2D eigenvalue weighted by atomic mass is 32.2. The Morgan fingerprint density at radius 3 is 2.35 bits per heavy atom. The molecule has 37 heavy (non-hydrogen) atoms. The molecule has 0 spiro atoms. The van der Waals surface area contributed by atoms with Crippen LogP contribution in [0.25, 0.3) is 0 Å². The van der Waals surface area contributed by atoms with Crippen LogP contribution in [0.5, 0.6) is 0 Å². The number of nitrogens with one attached hydrogen (secondary N) is 1. The van der Waals surface area contributed by atoms with E-state index in [0.717, 1.165) is 38.8 Å². The van der Waals surface area contributed by atoms with E-state index in [1.165, 1.54) is 0 Å². The second kappa shape index (κ2) is 9.84. The van der Waals surface area contributed by atoms with Gasteiger partial charge in [-0.25, -0.2) is 17.2 Å². The van der Waals surface area contributed by atoms with Crippen molar-refractivity contribution >= 4 is 15.9 Å². The van der Waals surface area contributed by atoms with Crippen molar-refractivity contribution in [2.75, 3.05) is 38.6 Å². The van der Waals surface area contributed by atoms with Gasteiger partial charge in [-0.1, -0.05) is 5.16 Å². The normalized spacial score (nSPS) is 31.7. The van der Waals surface area contributed by atoms with E-state index in [-0.39, 0.29) is 66.1 Å². The molecular weight excluding hydrogens is 506 g/mol. The molecule has 1 N–H and O–H groups in total. The predicted octanol–water partition coefficient (Wildman–Crippen LogP) is 2.60. The average molecular weight is 543 g/mol. The Bertz CT molecular complexity index is 1080. The minimum atomic E-state index is -3.41. The predicted molar refractivity (Wildman–Crippen MR) is 130 cm³/mol. The third-order valence-corrected chi connectivity index (χ3v) is 11.1. The van der Waals surface area contributed by atoms with E-state index in [0.29, 0.717) is 38.4 Å². The van der Waals surface area contributed by atoms with Gasteiger partial charge in [-0.2, -0.15) is 4.31 Å². The molecule has 9 nitrogen and oxygen atoms in total. The van der Waals surface area contributed by atoms with E-state index in [9.17, 15) is 22.0 Å². The largest absolute Gasteiger partial charge is 0.380 e. The topological polar surface area (TPSA) is 105 Å². The molecule has 4 saturated heterocycles. The number of likely N-dealkylation sites (tertiary alicyclic amines) is 1. The Hall–Kier alpha value is -1.63. The van der Waals surface area contributed by atoms with Gasteiger partial charge in [0.15, 0.2) is 5.69 Å². The number of piperidine rings is 2. The molecular formula is C25H36F2N4O5S. The highest BCUT2D eigenvalue weighted by Crippen LogP contribution is 2.43. The summed E-state index contributed by atoms with van der Waals surface area (Å²) in [6.45, 7) is 3.41. The number of sulfonamides is 1. The highest BCUT2D eigenvalue weighted by Gasteiger charge is 2.48. The molecule has 2 bridgehead atoms. The minimum absolute atomic E-state index is 0.0178. The molecule has 0 radical (unpaired) electrons. The van der Waals surface area contributed by atoms with E-state index in [4.69, 9.17) is 9.26 Å². The molecule has 5 aliphatic rings. The fraction of sp³-hybridized carbons (Fsp3) is 0.840. The van der Waals surface area contributed by atoms with Crippen molar-refractivity contribution in [1.29, 1.82) is 0 Å². The van der Waals surface area contributed by atoms with Gasteiger partial charge < -0.3 is 19.5 Å². The van der Waals surface area contributed by atoms with E-state index < -0.39 is 15.9 Å². The summed E-state index contributed by atoms with van der Waals surface area (Å²) >= 11 is 0. The molecule has 1 aromatic rings. The Morgan fingerprint density at radius 1 is 1.08 bits per heavy atom. The van der Waals surface area contributed by atoms with Crippen molar-refractivity contribution in [3.05, 3.63) is 17.5 Å². The molecule has 1 saturated carbocycles.